The summed E-state index contributed by atoms with van der Waals surface area (Å²) in [7, 11) is 0. The fraction of sp³-hybridized carbons (Fsp3) is 0.462. The molecule has 0 radical (unpaired) electrons. The Kier molecular flexibility index (Phi) is 4.26. The highest BCUT2D eigenvalue weighted by atomic mass is 35.5. The van der Waals surface area contributed by atoms with E-state index >= 15 is 0 Å². The van der Waals surface area contributed by atoms with E-state index in [0.717, 1.165) is 36.3 Å². The molecule has 2 rings (SSSR count). The molecule has 0 aliphatic carbocycles. The number of carbonyl (C=O) groups is 1. The van der Waals surface area contributed by atoms with Crippen molar-refractivity contribution in [1.82, 2.24) is 0 Å². The minimum Gasteiger partial charge on any atom is -0.494 e. The summed E-state index contributed by atoms with van der Waals surface area (Å²) in [4.78, 5) is 11.2. The van der Waals surface area contributed by atoms with Gasteiger partial charge in [0.2, 0.25) is 5.91 Å². The van der Waals surface area contributed by atoms with Gasteiger partial charge >= 0.3 is 0 Å². The third-order valence-electron chi connectivity index (χ3n) is 2.77. The Morgan fingerprint density at radius 1 is 1.29 bits per heavy atom. The average Bonchev–Trinajstić information content (AvgIpc) is 2.35. The van der Waals surface area contributed by atoms with Crippen LogP contribution in [0.5, 0.6) is 5.75 Å². The Labute approximate surface area is 106 Å². The number of carbonyl (C=O) groups excluding carboxylic acids is 1. The fourth-order valence-corrected chi connectivity index (χ4v) is 2.03. The Morgan fingerprint density at radius 2 is 2.18 bits per heavy atom. The minimum absolute atomic E-state index is 0.0910. The normalized spacial score (nSPS) is 14.1. The number of unbranched alkanes of at least 4 members (excludes halogenated alkanes) is 1. The van der Waals surface area contributed by atoms with Crippen molar-refractivity contribution in [2.75, 3.05) is 17.8 Å². The number of benzene rings is 1. The standard InChI is InChI=1S/C13H16ClNO2/c14-7-1-2-8-17-11-4-5-12-10(9-11)3-6-13(16)15-12/h4-5,9H,1-3,6-8H2,(H,15,16). The zero-order valence-electron chi connectivity index (χ0n) is 9.67. The number of fused-ring (bicyclic) bond motifs is 1. The maximum atomic E-state index is 11.2. The molecular formula is C13H16ClNO2. The van der Waals surface area contributed by atoms with Crippen molar-refractivity contribution in [3.05, 3.63) is 23.8 Å². The van der Waals surface area contributed by atoms with Crippen molar-refractivity contribution >= 4 is 23.2 Å². The maximum Gasteiger partial charge on any atom is 0.224 e. The second kappa shape index (κ2) is 5.92. The zero-order valence-corrected chi connectivity index (χ0v) is 10.4. The Balaban J connectivity index is 1.94. The van der Waals surface area contributed by atoms with Crippen LogP contribution in [0.15, 0.2) is 18.2 Å². The van der Waals surface area contributed by atoms with Gasteiger partial charge in [-0.3, -0.25) is 4.79 Å². The van der Waals surface area contributed by atoms with Crippen LogP contribution >= 0.6 is 11.6 Å². The highest BCUT2D eigenvalue weighted by molar-refractivity contribution is 6.17. The second-order valence-corrected chi connectivity index (χ2v) is 4.49. The van der Waals surface area contributed by atoms with Crippen molar-refractivity contribution in [3.8, 4) is 5.75 Å². The number of aryl methyl sites for hydroxylation is 1. The van der Waals surface area contributed by atoms with Gasteiger partial charge in [0.25, 0.3) is 0 Å². The van der Waals surface area contributed by atoms with E-state index in [0.29, 0.717) is 18.9 Å². The SMILES string of the molecule is O=C1CCc2cc(OCCCCCl)ccc2N1. The average molecular weight is 254 g/mol. The number of halogens is 1. The molecule has 1 aromatic carbocycles. The smallest absolute Gasteiger partial charge is 0.224 e. The monoisotopic (exact) mass is 253 g/mol. The molecule has 0 atom stereocenters. The number of hydrogen-bond acceptors (Lipinski definition) is 2. The molecule has 0 fully saturated rings. The molecule has 92 valence electrons. The summed E-state index contributed by atoms with van der Waals surface area (Å²) < 4.78 is 5.63. The molecule has 4 heteroatoms. The minimum atomic E-state index is 0.0910. The first kappa shape index (κ1) is 12.2. The Bertz CT molecular complexity index is 406. The van der Waals surface area contributed by atoms with Gasteiger partial charge in [0.15, 0.2) is 0 Å². The van der Waals surface area contributed by atoms with E-state index in [1.807, 2.05) is 18.2 Å². The number of hydrogen-bond donors (Lipinski definition) is 1. The Morgan fingerprint density at radius 3 is 3.00 bits per heavy atom. The van der Waals surface area contributed by atoms with Crippen LogP contribution in [-0.4, -0.2) is 18.4 Å². The van der Waals surface area contributed by atoms with Crippen LogP contribution in [0.25, 0.3) is 0 Å². The summed E-state index contributed by atoms with van der Waals surface area (Å²) in [5, 5.41) is 2.85. The molecule has 1 aliphatic heterocycles. The van der Waals surface area contributed by atoms with Gasteiger partial charge in [-0.1, -0.05) is 0 Å². The summed E-state index contributed by atoms with van der Waals surface area (Å²) in [5.41, 5.74) is 2.06. The second-order valence-electron chi connectivity index (χ2n) is 4.11. The predicted molar refractivity (Wildman–Crippen MR) is 68.8 cm³/mol. The highest BCUT2D eigenvalue weighted by Gasteiger charge is 2.14. The molecule has 1 heterocycles. The van der Waals surface area contributed by atoms with E-state index in [1.165, 1.54) is 0 Å². The van der Waals surface area contributed by atoms with Gasteiger partial charge in [0.05, 0.1) is 6.61 Å². The summed E-state index contributed by atoms with van der Waals surface area (Å²) in [6.45, 7) is 0.692. The molecule has 0 bridgehead atoms. The fourth-order valence-electron chi connectivity index (χ4n) is 1.84. The first-order valence-electron chi connectivity index (χ1n) is 5.91. The summed E-state index contributed by atoms with van der Waals surface area (Å²) >= 11 is 5.60. The predicted octanol–water partition coefficient (Wildman–Crippen LogP) is 2.97. The number of ether oxygens (including phenoxy) is 1. The van der Waals surface area contributed by atoms with E-state index in [1.54, 1.807) is 0 Å². The summed E-state index contributed by atoms with van der Waals surface area (Å²) in [6, 6.07) is 5.81. The van der Waals surface area contributed by atoms with Crippen LogP contribution in [0.4, 0.5) is 5.69 Å². The van der Waals surface area contributed by atoms with Crippen molar-refractivity contribution < 1.29 is 9.53 Å². The molecule has 17 heavy (non-hydrogen) atoms. The number of anilines is 1. The van der Waals surface area contributed by atoms with Crippen molar-refractivity contribution in [2.24, 2.45) is 0 Å². The third kappa shape index (κ3) is 3.37. The third-order valence-corrected chi connectivity index (χ3v) is 3.04. The summed E-state index contributed by atoms with van der Waals surface area (Å²) in [6.07, 6.45) is 3.29. The molecule has 0 unspecified atom stereocenters. The zero-order chi connectivity index (χ0) is 12.1. The number of rotatable bonds is 5. The van der Waals surface area contributed by atoms with Crippen LogP contribution in [0.2, 0.25) is 0 Å². The van der Waals surface area contributed by atoms with Crippen molar-refractivity contribution in [3.63, 3.8) is 0 Å². The van der Waals surface area contributed by atoms with Crippen molar-refractivity contribution in [2.45, 2.75) is 25.7 Å². The quantitative estimate of drug-likeness (QED) is 0.647. The van der Waals surface area contributed by atoms with Crippen LogP contribution < -0.4 is 10.1 Å². The molecule has 1 aromatic rings. The lowest BCUT2D eigenvalue weighted by Gasteiger charge is -2.17. The lowest BCUT2D eigenvalue weighted by atomic mass is 10.0. The molecule has 1 N–H and O–H groups in total. The Hall–Kier alpha value is -1.22. The lowest BCUT2D eigenvalue weighted by Crippen LogP contribution is -2.18. The van der Waals surface area contributed by atoms with E-state index in [2.05, 4.69) is 5.32 Å². The van der Waals surface area contributed by atoms with Gasteiger partial charge in [0.1, 0.15) is 5.75 Å². The van der Waals surface area contributed by atoms with Crippen LogP contribution in [-0.2, 0) is 11.2 Å². The molecule has 0 saturated heterocycles. The topological polar surface area (TPSA) is 38.3 Å². The van der Waals surface area contributed by atoms with Gasteiger partial charge in [0, 0.05) is 18.0 Å². The van der Waals surface area contributed by atoms with E-state index in [-0.39, 0.29) is 5.91 Å². The molecular weight excluding hydrogens is 238 g/mol. The van der Waals surface area contributed by atoms with Gasteiger partial charge in [-0.15, -0.1) is 11.6 Å². The molecule has 0 saturated carbocycles. The molecule has 1 aliphatic rings. The molecule has 0 aromatic heterocycles. The van der Waals surface area contributed by atoms with E-state index < -0.39 is 0 Å². The van der Waals surface area contributed by atoms with E-state index in [9.17, 15) is 4.79 Å². The number of alkyl halides is 1. The largest absolute Gasteiger partial charge is 0.494 e. The van der Waals surface area contributed by atoms with Gasteiger partial charge in [-0.2, -0.15) is 0 Å². The molecule has 1 amide bonds. The number of nitrogens with one attached hydrogen (secondary N) is 1. The van der Waals surface area contributed by atoms with Crippen molar-refractivity contribution in [1.29, 1.82) is 0 Å². The lowest BCUT2D eigenvalue weighted by molar-refractivity contribution is -0.116. The molecule has 0 spiro atoms. The summed E-state index contributed by atoms with van der Waals surface area (Å²) in [5.74, 6) is 1.64. The number of amides is 1. The van der Waals surface area contributed by atoms with Crippen LogP contribution in [0.1, 0.15) is 24.8 Å². The molecule has 3 nitrogen and oxygen atoms in total. The van der Waals surface area contributed by atoms with Gasteiger partial charge < -0.3 is 10.1 Å². The first-order chi connectivity index (χ1) is 8.29. The highest BCUT2D eigenvalue weighted by Crippen LogP contribution is 2.26. The van der Waals surface area contributed by atoms with Crippen LogP contribution in [0.3, 0.4) is 0 Å². The van der Waals surface area contributed by atoms with Crippen LogP contribution in [0, 0.1) is 0 Å². The van der Waals surface area contributed by atoms with E-state index in [4.69, 9.17) is 16.3 Å². The van der Waals surface area contributed by atoms with Gasteiger partial charge in [-0.05, 0) is 43.0 Å². The first-order valence-corrected chi connectivity index (χ1v) is 6.44. The maximum absolute atomic E-state index is 11.2. The van der Waals surface area contributed by atoms with Gasteiger partial charge in [-0.25, -0.2) is 0 Å².